The molecule has 0 unspecified atom stereocenters. The van der Waals surface area contributed by atoms with Crippen molar-refractivity contribution in [3.8, 4) is 0 Å². The molecule has 0 aliphatic carbocycles. The Kier molecular flexibility index (Phi) is 5.65. The van der Waals surface area contributed by atoms with Gasteiger partial charge in [0.15, 0.2) is 5.82 Å². The first-order valence-electron chi connectivity index (χ1n) is 8.44. The molecule has 9 heteroatoms. The molecule has 0 saturated heterocycles. The predicted octanol–water partition coefficient (Wildman–Crippen LogP) is 3.15. The van der Waals surface area contributed by atoms with Gasteiger partial charge >= 0.3 is 0 Å². The molecule has 0 fully saturated rings. The molecule has 0 aliphatic heterocycles. The van der Waals surface area contributed by atoms with E-state index < -0.39 is 16.1 Å². The van der Waals surface area contributed by atoms with Crippen molar-refractivity contribution in [1.82, 2.24) is 5.16 Å². The topological polar surface area (TPSA) is 113 Å². The average Bonchev–Trinajstić information content (AvgIpc) is 3.05. The first-order valence-corrected chi connectivity index (χ1v) is 10.3. The first kappa shape index (κ1) is 19.4. The minimum atomic E-state index is -3.35. The van der Waals surface area contributed by atoms with Crippen molar-refractivity contribution in [3.05, 3.63) is 72.0 Å². The molecule has 2 aromatic carbocycles. The first-order chi connectivity index (χ1) is 13.3. The highest BCUT2D eigenvalue weighted by Crippen LogP contribution is 2.23. The van der Waals surface area contributed by atoms with Crippen molar-refractivity contribution < 1.29 is 17.7 Å². The number of sulfonamides is 1. The van der Waals surface area contributed by atoms with Crippen LogP contribution in [0.1, 0.15) is 17.4 Å². The standard InChI is InChI=1S/C19H20N4O4S/c1-13-12-17(22-27-13)21-19(24)18(14-6-4-3-5-7-14)20-15-8-10-16(11-9-15)23-28(2,25)26/h3-12,18,20,23H,1-2H3,(H,21,22,24)/t18-/m0/s1. The lowest BCUT2D eigenvalue weighted by Crippen LogP contribution is -2.27. The van der Waals surface area contributed by atoms with E-state index in [1.54, 1.807) is 37.3 Å². The lowest BCUT2D eigenvalue weighted by Gasteiger charge is -2.19. The van der Waals surface area contributed by atoms with Gasteiger partial charge in [-0.2, -0.15) is 0 Å². The Hall–Kier alpha value is -3.33. The number of amides is 1. The molecule has 3 rings (SSSR count). The molecule has 0 saturated carbocycles. The van der Waals surface area contributed by atoms with Gasteiger partial charge in [0, 0.05) is 17.4 Å². The number of rotatable bonds is 7. The fourth-order valence-corrected chi connectivity index (χ4v) is 3.15. The molecule has 1 atom stereocenters. The number of aryl methyl sites for hydroxylation is 1. The predicted molar refractivity (Wildman–Crippen MR) is 108 cm³/mol. The maximum Gasteiger partial charge on any atom is 0.252 e. The van der Waals surface area contributed by atoms with Crippen LogP contribution in [-0.2, 0) is 14.8 Å². The monoisotopic (exact) mass is 400 g/mol. The molecule has 0 aliphatic rings. The van der Waals surface area contributed by atoms with E-state index in [4.69, 9.17) is 4.52 Å². The van der Waals surface area contributed by atoms with Gasteiger partial charge in [-0.15, -0.1) is 0 Å². The second-order valence-corrected chi connectivity index (χ2v) is 8.00. The van der Waals surface area contributed by atoms with Crippen LogP contribution in [0.25, 0.3) is 0 Å². The molecular formula is C19H20N4O4S. The Balaban J connectivity index is 1.80. The summed E-state index contributed by atoms with van der Waals surface area (Å²) in [5.41, 5.74) is 1.85. The Morgan fingerprint density at radius 3 is 2.25 bits per heavy atom. The zero-order valence-electron chi connectivity index (χ0n) is 15.3. The maximum atomic E-state index is 12.8. The Morgan fingerprint density at radius 2 is 1.68 bits per heavy atom. The number of hydrogen-bond donors (Lipinski definition) is 3. The van der Waals surface area contributed by atoms with Crippen LogP contribution in [0.2, 0.25) is 0 Å². The number of aromatic nitrogens is 1. The fourth-order valence-electron chi connectivity index (χ4n) is 2.58. The molecule has 1 aromatic heterocycles. The van der Waals surface area contributed by atoms with Crippen molar-refractivity contribution in [1.29, 1.82) is 0 Å². The highest BCUT2D eigenvalue weighted by atomic mass is 32.2. The quantitative estimate of drug-likeness (QED) is 0.561. The van der Waals surface area contributed by atoms with Crippen LogP contribution in [0.5, 0.6) is 0 Å². The summed E-state index contributed by atoms with van der Waals surface area (Å²) < 4.78 is 30.0. The minimum absolute atomic E-state index is 0.308. The Labute approximate surface area is 163 Å². The molecule has 1 amide bonds. The molecule has 0 spiro atoms. The van der Waals surface area contributed by atoms with Crippen LogP contribution in [-0.4, -0.2) is 25.7 Å². The summed E-state index contributed by atoms with van der Waals surface area (Å²) in [6.07, 6.45) is 1.08. The van der Waals surface area contributed by atoms with Crippen molar-refractivity contribution in [2.75, 3.05) is 21.6 Å². The molecule has 0 radical (unpaired) electrons. The molecular weight excluding hydrogens is 380 g/mol. The Bertz CT molecular complexity index is 1050. The molecule has 0 bridgehead atoms. The van der Waals surface area contributed by atoms with Crippen molar-refractivity contribution >= 4 is 33.1 Å². The van der Waals surface area contributed by atoms with E-state index in [1.807, 2.05) is 30.3 Å². The van der Waals surface area contributed by atoms with E-state index in [0.29, 0.717) is 23.0 Å². The molecule has 28 heavy (non-hydrogen) atoms. The number of hydrogen-bond acceptors (Lipinski definition) is 6. The smallest absolute Gasteiger partial charge is 0.252 e. The molecule has 146 valence electrons. The van der Waals surface area contributed by atoms with Crippen molar-refractivity contribution in [3.63, 3.8) is 0 Å². The summed E-state index contributed by atoms with van der Waals surface area (Å²) in [4.78, 5) is 12.8. The zero-order valence-corrected chi connectivity index (χ0v) is 16.2. The highest BCUT2D eigenvalue weighted by molar-refractivity contribution is 7.92. The summed E-state index contributed by atoms with van der Waals surface area (Å²) in [6, 6.07) is 16.8. The van der Waals surface area contributed by atoms with Crippen molar-refractivity contribution in [2.24, 2.45) is 0 Å². The number of benzene rings is 2. The second kappa shape index (κ2) is 8.13. The van der Waals surface area contributed by atoms with Crippen LogP contribution in [0.4, 0.5) is 17.2 Å². The van der Waals surface area contributed by atoms with Gasteiger partial charge in [0.25, 0.3) is 5.91 Å². The van der Waals surface area contributed by atoms with Gasteiger partial charge < -0.3 is 15.2 Å². The number of anilines is 3. The van der Waals surface area contributed by atoms with Crippen LogP contribution in [0.3, 0.4) is 0 Å². The van der Waals surface area contributed by atoms with Gasteiger partial charge in [0.1, 0.15) is 11.8 Å². The number of carbonyl (C=O) groups is 1. The maximum absolute atomic E-state index is 12.8. The summed E-state index contributed by atoms with van der Waals surface area (Å²) in [5, 5.41) is 9.68. The largest absolute Gasteiger partial charge is 0.370 e. The minimum Gasteiger partial charge on any atom is -0.370 e. The summed E-state index contributed by atoms with van der Waals surface area (Å²) in [5.74, 6) is 0.615. The highest BCUT2D eigenvalue weighted by Gasteiger charge is 2.21. The molecule has 3 N–H and O–H groups in total. The normalized spacial score (nSPS) is 12.2. The second-order valence-electron chi connectivity index (χ2n) is 6.25. The third-order valence-electron chi connectivity index (χ3n) is 3.77. The fraction of sp³-hybridized carbons (Fsp3) is 0.158. The summed E-state index contributed by atoms with van der Waals surface area (Å²) in [6.45, 7) is 1.74. The van der Waals surface area contributed by atoms with Crippen LogP contribution >= 0.6 is 0 Å². The van der Waals surface area contributed by atoms with E-state index >= 15 is 0 Å². The third kappa shape index (κ3) is 5.34. The van der Waals surface area contributed by atoms with Gasteiger partial charge in [-0.25, -0.2) is 8.42 Å². The average molecular weight is 400 g/mol. The van der Waals surface area contributed by atoms with E-state index in [0.717, 1.165) is 11.8 Å². The molecule has 8 nitrogen and oxygen atoms in total. The lowest BCUT2D eigenvalue weighted by atomic mass is 10.1. The van der Waals surface area contributed by atoms with Gasteiger partial charge in [0.2, 0.25) is 10.0 Å². The van der Waals surface area contributed by atoms with Gasteiger partial charge in [-0.3, -0.25) is 9.52 Å². The Morgan fingerprint density at radius 1 is 1.04 bits per heavy atom. The number of nitrogens with zero attached hydrogens (tertiary/aromatic N) is 1. The number of carbonyl (C=O) groups excluding carboxylic acids is 1. The lowest BCUT2D eigenvalue weighted by molar-refractivity contribution is -0.117. The van der Waals surface area contributed by atoms with E-state index in [9.17, 15) is 13.2 Å². The van der Waals surface area contributed by atoms with Crippen molar-refractivity contribution in [2.45, 2.75) is 13.0 Å². The van der Waals surface area contributed by atoms with E-state index in [1.165, 1.54) is 0 Å². The van der Waals surface area contributed by atoms with E-state index in [-0.39, 0.29) is 5.91 Å². The van der Waals surface area contributed by atoms with Crippen LogP contribution in [0, 0.1) is 6.92 Å². The SMILES string of the molecule is Cc1cc(NC(=O)[C@@H](Nc2ccc(NS(C)(=O)=O)cc2)c2ccccc2)no1. The molecule has 3 aromatic rings. The third-order valence-corrected chi connectivity index (χ3v) is 4.38. The van der Waals surface area contributed by atoms with E-state index in [2.05, 4.69) is 20.5 Å². The van der Waals surface area contributed by atoms with Gasteiger partial charge in [-0.1, -0.05) is 35.5 Å². The summed E-state index contributed by atoms with van der Waals surface area (Å²) >= 11 is 0. The van der Waals surface area contributed by atoms with Gasteiger partial charge in [0.05, 0.1) is 6.26 Å². The van der Waals surface area contributed by atoms with Crippen LogP contribution in [0.15, 0.2) is 65.2 Å². The molecule has 1 heterocycles. The zero-order chi connectivity index (χ0) is 20.1. The summed E-state index contributed by atoms with van der Waals surface area (Å²) in [7, 11) is -3.35. The number of nitrogens with one attached hydrogen (secondary N) is 3. The van der Waals surface area contributed by atoms with Crippen LogP contribution < -0.4 is 15.4 Å². The van der Waals surface area contributed by atoms with Gasteiger partial charge in [-0.05, 0) is 36.8 Å².